The number of carbonyl (C=O) groups is 2. The van der Waals surface area contributed by atoms with Crippen LogP contribution in [0.1, 0.15) is 32.3 Å². The number of amides is 2. The Morgan fingerprint density at radius 1 is 1.06 bits per heavy atom. The summed E-state index contributed by atoms with van der Waals surface area (Å²) in [5.41, 5.74) is 0.891. The minimum Gasteiger partial charge on any atom is -0.491 e. The zero-order valence-corrected chi connectivity index (χ0v) is 18.6. The maximum Gasteiger partial charge on any atom is 0.282 e. The van der Waals surface area contributed by atoms with Crippen LogP contribution in [-0.4, -0.2) is 47.6 Å². The van der Waals surface area contributed by atoms with Crippen molar-refractivity contribution in [1.82, 2.24) is 4.90 Å². The third kappa shape index (κ3) is 4.48. The monoisotopic (exact) mass is 456 g/mol. The predicted octanol–water partition coefficient (Wildman–Crippen LogP) is 3.74. The Balaban J connectivity index is 1.78. The van der Waals surface area contributed by atoms with Crippen molar-refractivity contribution in [1.29, 1.82) is 0 Å². The Bertz CT molecular complexity index is 1100. The van der Waals surface area contributed by atoms with Gasteiger partial charge in [-0.15, -0.1) is 0 Å². The molecule has 0 radical (unpaired) electrons. The molecule has 2 aliphatic heterocycles. The maximum absolute atomic E-state index is 13.9. The van der Waals surface area contributed by atoms with Crippen molar-refractivity contribution in [3.05, 3.63) is 65.4 Å². The van der Waals surface area contributed by atoms with Crippen LogP contribution in [0.4, 0.5) is 14.5 Å². The number of ether oxygens (including phenoxy) is 1. The van der Waals surface area contributed by atoms with E-state index >= 15 is 0 Å². The van der Waals surface area contributed by atoms with Gasteiger partial charge in [0, 0.05) is 25.8 Å². The summed E-state index contributed by atoms with van der Waals surface area (Å²) in [5.74, 6) is -2.80. The highest BCUT2D eigenvalue weighted by Crippen LogP contribution is 2.37. The van der Waals surface area contributed by atoms with Crippen LogP contribution in [0.5, 0.6) is 5.75 Å². The standard InChI is InChI=1S/C25H26F2N2O4/c1-15(2)33-19-8-5-17(6-9-19)22-23(28-11-3-4-16(13-28)14-30)25(32)29(24(22)31)18-7-10-20(26)21(27)12-18/h5-10,12,15-16,30H,3-4,11,13-14H2,1-2H3. The zero-order chi connectivity index (χ0) is 23.7. The third-order valence-corrected chi connectivity index (χ3v) is 5.83. The van der Waals surface area contributed by atoms with Gasteiger partial charge in [0.25, 0.3) is 11.8 Å². The van der Waals surface area contributed by atoms with Gasteiger partial charge < -0.3 is 14.7 Å². The minimum atomic E-state index is -1.14. The second-order valence-corrected chi connectivity index (χ2v) is 8.60. The number of benzene rings is 2. The molecular weight excluding hydrogens is 430 g/mol. The second kappa shape index (κ2) is 9.31. The summed E-state index contributed by atoms with van der Waals surface area (Å²) in [6.45, 7) is 4.76. The Hall–Kier alpha value is -3.26. The van der Waals surface area contributed by atoms with Gasteiger partial charge in [0.05, 0.1) is 17.4 Å². The Labute approximate surface area is 191 Å². The number of rotatable bonds is 6. The fourth-order valence-corrected chi connectivity index (χ4v) is 4.32. The Kier molecular flexibility index (Phi) is 6.47. The lowest BCUT2D eigenvalue weighted by molar-refractivity contribution is -0.120. The molecule has 1 N–H and O–H groups in total. The first kappa shape index (κ1) is 22.9. The third-order valence-electron chi connectivity index (χ3n) is 5.83. The van der Waals surface area contributed by atoms with E-state index in [2.05, 4.69) is 0 Å². The average Bonchev–Trinajstić information content (AvgIpc) is 3.06. The summed E-state index contributed by atoms with van der Waals surface area (Å²) < 4.78 is 33.1. The van der Waals surface area contributed by atoms with Crippen LogP contribution < -0.4 is 9.64 Å². The number of aliphatic hydroxyl groups excluding tert-OH is 1. The molecule has 0 spiro atoms. The van der Waals surface area contributed by atoms with Crippen molar-refractivity contribution in [3.8, 4) is 5.75 Å². The fourth-order valence-electron chi connectivity index (χ4n) is 4.32. The normalized spacial score (nSPS) is 19.2. The molecule has 33 heavy (non-hydrogen) atoms. The molecule has 8 heteroatoms. The van der Waals surface area contributed by atoms with Crippen LogP contribution in [0.15, 0.2) is 48.2 Å². The van der Waals surface area contributed by atoms with Gasteiger partial charge in [0.2, 0.25) is 0 Å². The first-order valence-electron chi connectivity index (χ1n) is 11.0. The summed E-state index contributed by atoms with van der Waals surface area (Å²) >= 11 is 0. The highest BCUT2D eigenvalue weighted by atomic mass is 19.2. The van der Waals surface area contributed by atoms with Crippen LogP contribution in [0.3, 0.4) is 0 Å². The predicted molar refractivity (Wildman–Crippen MR) is 119 cm³/mol. The van der Waals surface area contributed by atoms with Crippen molar-refractivity contribution < 1.29 is 28.2 Å². The van der Waals surface area contributed by atoms with Crippen molar-refractivity contribution in [2.75, 3.05) is 24.6 Å². The summed E-state index contributed by atoms with van der Waals surface area (Å²) in [6.07, 6.45) is 1.56. The lowest BCUT2D eigenvalue weighted by Crippen LogP contribution is -2.40. The number of nitrogens with zero attached hydrogens (tertiary/aromatic N) is 2. The zero-order valence-electron chi connectivity index (χ0n) is 18.6. The summed E-state index contributed by atoms with van der Waals surface area (Å²) in [6, 6.07) is 9.82. The lowest BCUT2D eigenvalue weighted by Gasteiger charge is -2.34. The van der Waals surface area contributed by atoms with Crippen molar-refractivity contribution in [2.24, 2.45) is 5.92 Å². The maximum atomic E-state index is 13.9. The summed E-state index contributed by atoms with van der Waals surface area (Å²) in [7, 11) is 0. The lowest BCUT2D eigenvalue weighted by atomic mass is 9.97. The number of hydrogen-bond donors (Lipinski definition) is 1. The number of likely N-dealkylation sites (tertiary alicyclic amines) is 1. The number of imide groups is 1. The van der Waals surface area contributed by atoms with Gasteiger partial charge in [-0.1, -0.05) is 12.1 Å². The fraction of sp³-hybridized carbons (Fsp3) is 0.360. The van der Waals surface area contributed by atoms with E-state index in [9.17, 15) is 23.5 Å². The van der Waals surface area contributed by atoms with Crippen LogP contribution in [0.2, 0.25) is 0 Å². The largest absolute Gasteiger partial charge is 0.491 e. The molecule has 2 heterocycles. The van der Waals surface area contributed by atoms with Gasteiger partial charge in [-0.05, 0) is 62.4 Å². The average molecular weight is 456 g/mol. The quantitative estimate of drug-likeness (QED) is 0.671. The number of hydrogen-bond acceptors (Lipinski definition) is 5. The van der Waals surface area contributed by atoms with Gasteiger partial charge >= 0.3 is 0 Å². The van der Waals surface area contributed by atoms with E-state index in [1.807, 2.05) is 18.7 Å². The van der Waals surface area contributed by atoms with Crippen LogP contribution in [-0.2, 0) is 9.59 Å². The van der Waals surface area contributed by atoms with E-state index in [0.29, 0.717) is 24.4 Å². The van der Waals surface area contributed by atoms with E-state index in [4.69, 9.17) is 4.74 Å². The minimum absolute atomic E-state index is 0.0185. The Morgan fingerprint density at radius 2 is 1.79 bits per heavy atom. The van der Waals surface area contributed by atoms with Gasteiger partial charge in [0.15, 0.2) is 11.6 Å². The van der Waals surface area contributed by atoms with Crippen LogP contribution >= 0.6 is 0 Å². The molecule has 1 unspecified atom stereocenters. The van der Waals surface area contributed by atoms with Gasteiger partial charge in [-0.2, -0.15) is 0 Å². The number of piperidine rings is 1. The van der Waals surface area contributed by atoms with E-state index in [0.717, 1.165) is 29.9 Å². The van der Waals surface area contributed by atoms with Gasteiger partial charge in [0.1, 0.15) is 11.4 Å². The molecule has 2 aliphatic rings. The van der Waals surface area contributed by atoms with Crippen LogP contribution in [0.25, 0.3) is 5.57 Å². The molecule has 0 aliphatic carbocycles. The first-order valence-corrected chi connectivity index (χ1v) is 11.0. The SMILES string of the molecule is CC(C)Oc1ccc(C2=C(N3CCCC(CO)C3)C(=O)N(c3ccc(F)c(F)c3)C2=O)cc1. The topological polar surface area (TPSA) is 70.1 Å². The van der Waals surface area contributed by atoms with Gasteiger partial charge in [-0.25, -0.2) is 13.7 Å². The smallest absolute Gasteiger partial charge is 0.282 e. The second-order valence-electron chi connectivity index (χ2n) is 8.60. The molecule has 0 bridgehead atoms. The molecule has 1 saturated heterocycles. The molecule has 0 aromatic heterocycles. The van der Waals surface area contributed by atoms with Gasteiger partial charge in [-0.3, -0.25) is 9.59 Å². The molecule has 0 saturated carbocycles. The number of carbonyl (C=O) groups excluding carboxylic acids is 2. The first-order chi connectivity index (χ1) is 15.8. The molecule has 2 aromatic carbocycles. The van der Waals surface area contributed by atoms with Crippen molar-refractivity contribution in [3.63, 3.8) is 0 Å². The Morgan fingerprint density at radius 3 is 2.42 bits per heavy atom. The number of halogens is 2. The molecule has 1 atom stereocenters. The number of aliphatic hydroxyl groups is 1. The van der Waals surface area contributed by atoms with Crippen molar-refractivity contribution in [2.45, 2.75) is 32.8 Å². The molecule has 174 valence electrons. The molecular formula is C25H26F2N2O4. The molecule has 2 aromatic rings. The highest BCUT2D eigenvalue weighted by molar-refractivity contribution is 6.45. The molecule has 6 nitrogen and oxygen atoms in total. The van der Waals surface area contributed by atoms with E-state index in [1.54, 1.807) is 24.3 Å². The van der Waals surface area contributed by atoms with Crippen molar-refractivity contribution >= 4 is 23.1 Å². The molecule has 4 rings (SSSR count). The van der Waals surface area contributed by atoms with E-state index in [-0.39, 0.29) is 35.6 Å². The van der Waals surface area contributed by atoms with E-state index in [1.165, 1.54) is 6.07 Å². The van der Waals surface area contributed by atoms with E-state index < -0.39 is 23.4 Å². The van der Waals surface area contributed by atoms with Crippen LogP contribution in [0, 0.1) is 17.6 Å². The highest BCUT2D eigenvalue weighted by Gasteiger charge is 2.43. The molecule has 1 fully saturated rings. The molecule has 2 amide bonds. The summed E-state index contributed by atoms with van der Waals surface area (Å²) in [4.78, 5) is 29.7. The summed E-state index contributed by atoms with van der Waals surface area (Å²) in [5, 5.41) is 9.65. The number of anilines is 1.